The zero-order valence-electron chi connectivity index (χ0n) is 22.6. The van der Waals surface area contributed by atoms with Gasteiger partial charge in [-0.15, -0.1) is 0 Å². The van der Waals surface area contributed by atoms with Gasteiger partial charge in [-0.2, -0.15) is 5.10 Å². The molecule has 2 N–H and O–H groups in total. The lowest BCUT2D eigenvalue weighted by molar-refractivity contribution is -0.127. The molecule has 1 saturated heterocycles. The maximum absolute atomic E-state index is 12.9. The molecule has 0 spiro atoms. The van der Waals surface area contributed by atoms with Crippen molar-refractivity contribution in [2.75, 3.05) is 19.7 Å². The maximum atomic E-state index is 12.9. The minimum Gasteiger partial charge on any atom is -0.494 e. The average Bonchev–Trinajstić information content (AvgIpc) is 3.72. The highest BCUT2D eigenvalue weighted by atomic mass is 16.5. The number of carbonyl (C=O) groups is 3. The van der Waals surface area contributed by atoms with Gasteiger partial charge < -0.3 is 19.9 Å². The Bertz CT molecular complexity index is 1660. The molecule has 0 bridgehead atoms. The first-order chi connectivity index (χ1) is 20.0. The van der Waals surface area contributed by atoms with Gasteiger partial charge in [0.1, 0.15) is 5.75 Å². The number of ether oxygens (including phenoxy) is 1. The first kappa shape index (κ1) is 26.3. The SMILES string of the molecule is O=C1CC=C(NC(=O)c2cnn(Cc3ccccc3)c2)C=C1c1cc2cc(OCCCN3CCCC3=O)ccc2[nH]1. The first-order valence-electron chi connectivity index (χ1n) is 13.9. The molecule has 9 nitrogen and oxygen atoms in total. The number of fused-ring (bicyclic) bond motifs is 1. The van der Waals surface area contributed by atoms with Crippen LogP contribution in [-0.2, 0) is 16.1 Å². The number of rotatable bonds is 10. The highest BCUT2D eigenvalue weighted by Gasteiger charge is 2.21. The molecule has 0 unspecified atom stereocenters. The van der Waals surface area contributed by atoms with Crippen LogP contribution < -0.4 is 10.1 Å². The van der Waals surface area contributed by atoms with Gasteiger partial charge in [0.2, 0.25) is 5.91 Å². The van der Waals surface area contributed by atoms with Crippen LogP contribution >= 0.6 is 0 Å². The second-order valence-electron chi connectivity index (χ2n) is 10.3. The van der Waals surface area contributed by atoms with E-state index in [0.717, 1.165) is 41.6 Å². The van der Waals surface area contributed by atoms with E-state index in [1.165, 1.54) is 0 Å². The summed E-state index contributed by atoms with van der Waals surface area (Å²) in [5.41, 5.74) is 4.19. The van der Waals surface area contributed by atoms with Crippen molar-refractivity contribution in [1.29, 1.82) is 0 Å². The van der Waals surface area contributed by atoms with Gasteiger partial charge in [-0.25, -0.2) is 0 Å². The molecule has 2 amide bonds. The van der Waals surface area contributed by atoms with Crippen molar-refractivity contribution >= 4 is 34.1 Å². The fraction of sp³-hybridized carbons (Fsp3) is 0.250. The third kappa shape index (κ3) is 6.14. The fourth-order valence-corrected chi connectivity index (χ4v) is 5.20. The molecule has 9 heteroatoms. The molecule has 1 fully saturated rings. The van der Waals surface area contributed by atoms with Gasteiger partial charge in [-0.1, -0.05) is 36.4 Å². The predicted molar refractivity (Wildman–Crippen MR) is 155 cm³/mol. The van der Waals surface area contributed by atoms with E-state index in [0.29, 0.717) is 48.6 Å². The van der Waals surface area contributed by atoms with E-state index in [9.17, 15) is 14.4 Å². The van der Waals surface area contributed by atoms with E-state index in [1.807, 2.05) is 59.5 Å². The minimum absolute atomic E-state index is 0.0295. The molecule has 41 heavy (non-hydrogen) atoms. The average molecular weight is 550 g/mol. The highest BCUT2D eigenvalue weighted by molar-refractivity contribution is 6.23. The Morgan fingerprint density at radius 1 is 1.10 bits per heavy atom. The summed E-state index contributed by atoms with van der Waals surface area (Å²) in [6, 6.07) is 17.6. The molecular weight excluding hydrogens is 518 g/mol. The van der Waals surface area contributed by atoms with Crippen molar-refractivity contribution in [3.05, 3.63) is 102 Å². The first-order valence-corrected chi connectivity index (χ1v) is 13.9. The number of amides is 2. The number of allylic oxidation sites excluding steroid dienone is 3. The number of nitrogens with zero attached hydrogens (tertiary/aromatic N) is 3. The van der Waals surface area contributed by atoms with Crippen molar-refractivity contribution in [3.8, 4) is 5.75 Å². The predicted octanol–water partition coefficient (Wildman–Crippen LogP) is 4.47. The summed E-state index contributed by atoms with van der Waals surface area (Å²) in [6.45, 7) is 2.65. The van der Waals surface area contributed by atoms with Crippen molar-refractivity contribution in [2.45, 2.75) is 32.2 Å². The highest BCUT2D eigenvalue weighted by Crippen LogP contribution is 2.28. The van der Waals surface area contributed by atoms with Crippen LogP contribution in [0.5, 0.6) is 5.75 Å². The number of hydrogen-bond acceptors (Lipinski definition) is 5. The second kappa shape index (κ2) is 11.7. The van der Waals surface area contributed by atoms with Crippen molar-refractivity contribution < 1.29 is 19.1 Å². The number of likely N-dealkylation sites (tertiary alicyclic amines) is 1. The monoisotopic (exact) mass is 549 g/mol. The van der Waals surface area contributed by atoms with Crippen LogP contribution in [0, 0.1) is 0 Å². The van der Waals surface area contributed by atoms with Gasteiger partial charge in [0.25, 0.3) is 5.91 Å². The molecule has 2 aromatic carbocycles. The van der Waals surface area contributed by atoms with Gasteiger partial charge in [-0.3, -0.25) is 19.1 Å². The van der Waals surface area contributed by atoms with Crippen molar-refractivity contribution in [1.82, 2.24) is 25.0 Å². The number of hydrogen-bond donors (Lipinski definition) is 2. The normalized spacial score (nSPS) is 15.3. The Kier molecular flexibility index (Phi) is 7.49. The third-order valence-corrected chi connectivity index (χ3v) is 7.34. The van der Waals surface area contributed by atoms with E-state index < -0.39 is 0 Å². The lowest BCUT2D eigenvalue weighted by Crippen LogP contribution is -2.26. The van der Waals surface area contributed by atoms with E-state index in [4.69, 9.17) is 4.74 Å². The molecule has 4 aromatic rings. The molecule has 0 saturated carbocycles. The minimum atomic E-state index is -0.284. The molecule has 0 atom stereocenters. The molecule has 1 aliphatic heterocycles. The molecule has 208 valence electrons. The largest absolute Gasteiger partial charge is 0.494 e. The number of benzene rings is 2. The summed E-state index contributed by atoms with van der Waals surface area (Å²) in [4.78, 5) is 42.7. The Morgan fingerprint density at radius 2 is 1.98 bits per heavy atom. The Hall–Kier alpha value is -4.92. The van der Waals surface area contributed by atoms with Crippen LogP contribution in [0.4, 0.5) is 0 Å². The van der Waals surface area contributed by atoms with Crippen LogP contribution in [0.25, 0.3) is 16.5 Å². The number of aromatic nitrogens is 3. The van der Waals surface area contributed by atoms with E-state index >= 15 is 0 Å². The molecular formula is C32H31N5O4. The number of ketones is 1. The number of nitrogens with one attached hydrogen (secondary N) is 2. The molecule has 2 aliphatic rings. The fourth-order valence-electron chi connectivity index (χ4n) is 5.20. The topological polar surface area (TPSA) is 109 Å². The van der Waals surface area contributed by atoms with Crippen LogP contribution in [0.3, 0.4) is 0 Å². The number of Topliss-reactive ketones (excluding diaryl/α,β-unsaturated/α-hetero) is 1. The summed E-state index contributed by atoms with van der Waals surface area (Å²) < 4.78 is 7.65. The smallest absolute Gasteiger partial charge is 0.258 e. The van der Waals surface area contributed by atoms with Crippen LogP contribution in [0.15, 0.2) is 84.8 Å². The van der Waals surface area contributed by atoms with Gasteiger partial charge in [-0.05, 0) is 48.7 Å². The van der Waals surface area contributed by atoms with Crippen molar-refractivity contribution in [2.24, 2.45) is 0 Å². The molecule has 1 aliphatic carbocycles. The summed E-state index contributed by atoms with van der Waals surface area (Å²) in [5.74, 6) is 0.650. The van der Waals surface area contributed by atoms with E-state index in [2.05, 4.69) is 15.4 Å². The van der Waals surface area contributed by atoms with Crippen LogP contribution in [0.1, 0.15) is 47.3 Å². The third-order valence-electron chi connectivity index (χ3n) is 7.34. The summed E-state index contributed by atoms with van der Waals surface area (Å²) in [7, 11) is 0. The summed E-state index contributed by atoms with van der Waals surface area (Å²) in [6.07, 6.45) is 9.25. The Labute approximate surface area is 237 Å². The molecule has 3 heterocycles. The lowest BCUT2D eigenvalue weighted by Gasteiger charge is -2.15. The van der Waals surface area contributed by atoms with Gasteiger partial charge in [0.05, 0.1) is 30.6 Å². The maximum Gasteiger partial charge on any atom is 0.258 e. The summed E-state index contributed by atoms with van der Waals surface area (Å²) >= 11 is 0. The summed E-state index contributed by atoms with van der Waals surface area (Å²) in [5, 5.41) is 8.14. The molecule has 2 aromatic heterocycles. The van der Waals surface area contributed by atoms with E-state index in [1.54, 1.807) is 29.2 Å². The van der Waals surface area contributed by atoms with Crippen LogP contribution in [-0.4, -0.2) is 57.0 Å². The van der Waals surface area contributed by atoms with Gasteiger partial charge >= 0.3 is 0 Å². The quantitative estimate of drug-likeness (QED) is 0.284. The Balaban J connectivity index is 1.09. The second-order valence-corrected chi connectivity index (χ2v) is 10.3. The molecule has 6 rings (SSSR count). The van der Waals surface area contributed by atoms with Gasteiger partial charge in [0.15, 0.2) is 5.78 Å². The van der Waals surface area contributed by atoms with Gasteiger partial charge in [0, 0.05) is 54.3 Å². The van der Waals surface area contributed by atoms with Crippen LogP contribution in [0.2, 0.25) is 0 Å². The number of aromatic amines is 1. The Morgan fingerprint density at radius 3 is 2.80 bits per heavy atom. The van der Waals surface area contributed by atoms with E-state index in [-0.39, 0.29) is 24.0 Å². The number of H-pyrrole nitrogens is 1. The zero-order valence-corrected chi connectivity index (χ0v) is 22.6. The zero-order chi connectivity index (χ0) is 28.2. The van der Waals surface area contributed by atoms with Crippen molar-refractivity contribution in [3.63, 3.8) is 0 Å². The lowest BCUT2D eigenvalue weighted by atomic mass is 9.98. The number of carbonyl (C=O) groups excluding carboxylic acids is 3. The molecule has 0 radical (unpaired) electrons. The standard InChI is InChI=1S/C32H31N5O4/c38-30-12-9-25(34-32(40)24-19-33-37(21-24)20-22-6-2-1-3-7-22)18-27(30)29-17-23-16-26(10-11-28(23)35-29)41-15-5-14-36-13-4-8-31(36)39/h1-3,6-7,9-11,16-19,21,35H,4-5,8,12-15,20H2,(H,34,40).